The molecule has 2 unspecified atom stereocenters. The normalized spacial score (nSPS) is 20.9. The Morgan fingerprint density at radius 1 is 0.903 bits per heavy atom. The van der Waals surface area contributed by atoms with Crippen molar-refractivity contribution in [2.75, 3.05) is 13.2 Å². The maximum absolute atomic E-state index is 15.0. The van der Waals surface area contributed by atoms with Crippen LogP contribution in [-0.4, -0.2) is 30.2 Å². The molecular formula is C27H26FNO2. The van der Waals surface area contributed by atoms with Gasteiger partial charge in [0.15, 0.2) is 0 Å². The van der Waals surface area contributed by atoms with Crippen LogP contribution >= 0.6 is 0 Å². The smallest absolute Gasteiger partial charge is 0.134 e. The number of rotatable bonds is 6. The Morgan fingerprint density at radius 3 is 2.35 bits per heavy atom. The zero-order chi connectivity index (χ0) is 21.0. The average molecular weight is 416 g/mol. The highest BCUT2D eigenvalue weighted by Crippen LogP contribution is 2.35. The molecule has 0 spiro atoms. The number of hydrogen-bond acceptors (Lipinski definition) is 3. The van der Waals surface area contributed by atoms with E-state index in [9.17, 15) is 0 Å². The van der Waals surface area contributed by atoms with Crippen LogP contribution in [0, 0.1) is 5.82 Å². The lowest BCUT2D eigenvalue weighted by Gasteiger charge is -2.44. The number of morpholine rings is 1. The zero-order valence-electron chi connectivity index (χ0n) is 17.4. The van der Waals surface area contributed by atoms with Crippen LogP contribution in [-0.2, 0) is 17.9 Å². The van der Waals surface area contributed by atoms with Gasteiger partial charge < -0.3 is 9.47 Å². The molecule has 0 saturated carbocycles. The first-order valence-corrected chi connectivity index (χ1v) is 10.8. The zero-order valence-corrected chi connectivity index (χ0v) is 17.4. The molecular weight excluding hydrogens is 389 g/mol. The van der Waals surface area contributed by atoms with E-state index in [-0.39, 0.29) is 17.9 Å². The lowest BCUT2D eigenvalue weighted by Crippen LogP contribution is -2.53. The van der Waals surface area contributed by atoms with E-state index in [2.05, 4.69) is 35.2 Å². The number of benzene rings is 3. The van der Waals surface area contributed by atoms with E-state index in [0.717, 1.165) is 24.1 Å². The van der Waals surface area contributed by atoms with Gasteiger partial charge in [-0.2, -0.15) is 0 Å². The van der Waals surface area contributed by atoms with Crippen LogP contribution < -0.4 is 4.74 Å². The van der Waals surface area contributed by atoms with Crippen molar-refractivity contribution in [3.63, 3.8) is 0 Å². The molecule has 0 N–H and O–H groups in total. The van der Waals surface area contributed by atoms with E-state index in [4.69, 9.17) is 9.47 Å². The van der Waals surface area contributed by atoms with Crippen LogP contribution in [0.4, 0.5) is 4.39 Å². The molecule has 3 nitrogen and oxygen atoms in total. The van der Waals surface area contributed by atoms with Gasteiger partial charge in [0.2, 0.25) is 0 Å². The Hall–Kier alpha value is -2.95. The molecule has 0 radical (unpaired) electrons. The molecule has 5 rings (SSSR count). The number of halogens is 1. The van der Waals surface area contributed by atoms with Gasteiger partial charge >= 0.3 is 0 Å². The third-order valence-electron chi connectivity index (χ3n) is 6.09. The highest BCUT2D eigenvalue weighted by Gasteiger charge is 2.35. The van der Waals surface area contributed by atoms with Gasteiger partial charge in [-0.25, -0.2) is 4.39 Å². The van der Waals surface area contributed by atoms with Crippen LogP contribution in [0.5, 0.6) is 5.75 Å². The summed E-state index contributed by atoms with van der Waals surface area (Å²) in [7, 11) is 0. The molecule has 3 aromatic rings. The molecule has 3 aromatic carbocycles. The Bertz CT molecular complexity index is 1050. The number of ether oxygens (including phenoxy) is 2. The second kappa shape index (κ2) is 9.04. The largest absolute Gasteiger partial charge is 0.489 e. The van der Waals surface area contributed by atoms with Gasteiger partial charge in [0, 0.05) is 24.2 Å². The van der Waals surface area contributed by atoms with E-state index < -0.39 is 0 Å². The minimum atomic E-state index is -0.229. The van der Waals surface area contributed by atoms with Crippen LogP contribution in [0.25, 0.3) is 5.57 Å². The maximum atomic E-state index is 15.0. The van der Waals surface area contributed by atoms with Crippen LogP contribution in [0.15, 0.2) is 84.9 Å². The van der Waals surface area contributed by atoms with E-state index in [1.807, 2.05) is 48.5 Å². The quantitative estimate of drug-likeness (QED) is 0.534. The fourth-order valence-electron chi connectivity index (χ4n) is 4.49. The van der Waals surface area contributed by atoms with Crippen molar-refractivity contribution in [1.29, 1.82) is 0 Å². The molecule has 2 heterocycles. The summed E-state index contributed by atoms with van der Waals surface area (Å²) in [4.78, 5) is 2.48. The van der Waals surface area contributed by atoms with Crippen LogP contribution in [0.1, 0.15) is 23.1 Å². The lowest BCUT2D eigenvalue weighted by atomic mass is 9.89. The molecule has 0 aromatic heterocycles. The third kappa shape index (κ3) is 4.55. The summed E-state index contributed by atoms with van der Waals surface area (Å²) in [6.45, 7) is 2.64. The Morgan fingerprint density at radius 2 is 1.65 bits per heavy atom. The summed E-state index contributed by atoms with van der Waals surface area (Å²) in [5.41, 5.74) is 4.09. The highest BCUT2D eigenvalue weighted by molar-refractivity contribution is 5.69. The Labute approximate surface area is 182 Å². The highest BCUT2D eigenvalue weighted by atomic mass is 19.1. The predicted molar refractivity (Wildman–Crippen MR) is 120 cm³/mol. The topological polar surface area (TPSA) is 21.7 Å². The molecule has 1 fully saturated rings. The summed E-state index contributed by atoms with van der Waals surface area (Å²) in [6, 6.07) is 26.1. The minimum absolute atomic E-state index is 0.163. The van der Waals surface area contributed by atoms with E-state index in [1.54, 1.807) is 0 Å². The Balaban J connectivity index is 1.32. The molecule has 158 valence electrons. The van der Waals surface area contributed by atoms with Gasteiger partial charge in [-0.1, -0.05) is 66.7 Å². The SMILES string of the molecule is Fc1cc(OCc2ccccc2)ccc1C1=CC2COCC(C1)N2Cc1ccccc1. The maximum Gasteiger partial charge on any atom is 0.134 e. The van der Waals surface area contributed by atoms with Crippen molar-refractivity contribution < 1.29 is 13.9 Å². The Kier molecular flexibility index (Phi) is 5.83. The van der Waals surface area contributed by atoms with Gasteiger partial charge in [-0.05, 0) is 35.3 Å². The van der Waals surface area contributed by atoms with Gasteiger partial charge in [0.1, 0.15) is 18.2 Å². The second-order valence-corrected chi connectivity index (χ2v) is 8.23. The number of nitrogens with zero attached hydrogens (tertiary/aromatic N) is 1. The standard InChI is InChI=1S/C27H26FNO2/c28-27-15-25(31-17-21-9-5-2-6-10-21)11-12-26(27)22-13-23-18-30-19-24(14-22)29(23)16-20-7-3-1-4-8-20/h1-13,15,23-24H,14,16-19H2. The molecule has 0 aliphatic carbocycles. The van der Waals surface area contributed by atoms with Gasteiger partial charge in [-0.15, -0.1) is 0 Å². The first kappa shape index (κ1) is 20.0. The second-order valence-electron chi connectivity index (χ2n) is 8.23. The van der Waals surface area contributed by atoms with Crippen molar-refractivity contribution >= 4 is 5.57 Å². The van der Waals surface area contributed by atoms with Gasteiger partial charge in [0.05, 0.1) is 19.3 Å². The summed E-state index contributed by atoms with van der Waals surface area (Å²) >= 11 is 0. The average Bonchev–Trinajstić information content (AvgIpc) is 2.79. The third-order valence-corrected chi connectivity index (χ3v) is 6.09. The fraction of sp³-hybridized carbons (Fsp3) is 0.259. The molecule has 2 atom stereocenters. The van der Waals surface area contributed by atoms with Crippen LogP contribution in [0.2, 0.25) is 0 Å². The number of fused-ring (bicyclic) bond motifs is 2. The van der Waals surface area contributed by atoms with E-state index in [1.165, 1.54) is 11.6 Å². The summed E-state index contributed by atoms with van der Waals surface area (Å²) in [5.74, 6) is 0.322. The minimum Gasteiger partial charge on any atom is -0.489 e. The summed E-state index contributed by atoms with van der Waals surface area (Å²) < 4.78 is 26.6. The van der Waals surface area contributed by atoms with Gasteiger partial charge in [0.25, 0.3) is 0 Å². The van der Waals surface area contributed by atoms with E-state index >= 15 is 4.39 Å². The van der Waals surface area contributed by atoms with Crippen molar-refractivity contribution in [2.24, 2.45) is 0 Å². The van der Waals surface area contributed by atoms with Crippen LogP contribution in [0.3, 0.4) is 0 Å². The molecule has 4 heteroatoms. The first-order chi connectivity index (χ1) is 15.3. The molecule has 1 saturated heterocycles. The van der Waals surface area contributed by atoms with Crippen molar-refractivity contribution in [2.45, 2.75) is 31.7 Å². The lowest BCUT2D eigenvalue weighted by molar-refractivity contribution is -0.0403. The van der Waals surface area contributed by atoms with Gasteiger partial charge in [-0.3, -0.25) is 4.90 Å². The number of hydrogen-bond donors (Lipinski definition) is 0. The predicted octanol–water partition coefficient (Wildman–Crippen LogP) is 5.46. The van der Waals surface area contributed by atoms with Crippen molar-refractivity contribution in [3.8, 4) is 5.75 Å². The van der Waals surface area contributed by atoms with Crippen molar-refractivity contribution in [1.82, 2.24) is 4.90 Å². The fourth-order valence-corrected chi connectivity index (χ4v) is 4.49. The first-order valence-electron chi connectivity index (χ1n) is 10.8. The molecule has 2 bridgehead atoms. The molecule has 2 aliphatic rings. The monoisotopic (exact) mass is 415 g/mol. The summed E-state index contributed by atoms with van der Waals surface area (Å²) in [6.07, 6.45) is 2.96. The molecule has 31 heavy (non-hydrogen) atoms. The molecule has 0 amide bonds. The summed E-state index contributed by atoms with van der Waals surface area (Å²) in [5, 5.41) is 0. The van der Waals surface area contributed by atoms with Crippen molar-refractivity contribution in [3.05, 3.63) is 107 Å². The van der Waals surface area contributed by atoms with E-state index in [0.29, 0.717) is 31.1 Å². The molecule has 2 aliphatic heterocycles.